The molecule has 0 aliphatic carbocycles. The molecule has 0 saturated heterocycles. The Labute approximate surface area is 148 Å². The van der Waals surface area contributed by atoms with Crippen LogP contribution in [0.5, 0.6) is 11.5 Å². The number of ether oxygens (including phenoxy) is 3. The topological polar surface area (TPSA) is 94.2 Å². The van der Waals surface area contributed by atoms with E-state index in [4.69, 9.17) is 14.2 Å². The molecule has 9 heteroatoms. The number of hydrogen-bond acceptors (Lipinski definition) is 6. The summed E-state index contributed by atoms with van der Waals surface area (Å²) >= 11 is 0. The molecule has 0 unspecified atom stereocenters. The molecule has 1 aliphatic rings. The van der Waals surface area contributed by atoms with Crippen LogP contribution in [-0.2, 0) is 19.6 Å². The lowest BCUT2D eigenvalue weighted by molar-refractivity contribution is -0.120. The normalized spacial score (nSPS) is 14.7. The van der Waals surface area contributed by atoms with Crippen molar-refractivity contribution in [3.05, 3.63) is 18.2 Å². The first-order valence-electron chi connectivity index (χ1n) is 8.05. The highest BCUT2D eigenvalue weighted by atomic mass is 32.2. The number of carbonyl (C=O) groups is 1. The number of nitrogens with zero attached hydrogens (tertiary/aromatic N) is 1. The Kier molecular flexibility index (Phi) is 6.49. The predicted molar refractivity (Wildman–Crippen MR) is 93.7 cm³/mol. The summed E-state index contributed by atoms with van der Waals surface area (Å²) in [5.41, 5.74) is 0.362. The van der Waals surface area contributed by atoms with Crippen LogP contribution in [0.1, 0.15) is 13.8 Å². The van der Waals surface area contributed by atoms with E-state index < -0.39 is 15.9 Å². The molecule has 2 rings (SSSR count). The van der Waals surface area contributed by atoms with Crippen molar-refractivity contribution in [2.75, 3.05) is 43.5 Å². The van der Waals surface area contributed by atoms with E-state index in [2.05, 4.69) is 5.32 Å². The molecule has 1 N–H and O–H groups in total. The van der Waals surface area contributed by atoms with Gasteiger partial charge >= 0.3 is 0 Å². The highest BCUT2D eigenvalue weighted by Gasteiger charge is 2.25. The average molecular weight is 372 g/mol. The van der Waals surface area contributed by atoms with Crippen molar-refractivity contribution in [2.45, 2.75) is 19.9 Å². The maximum atomic E-state index is 12.5. The Morgan fingerprint density at radius 2 is 2.00 bits per heavy atom. The fraction of sp³-hybridized carbons (Fsp3) is 0.562. The zero-order chi connectivity index (χ0) is 18.4. The van der Waals surface area contributed by atoms with Crippen molar-refractivity contribution in [1.82, 2.24) is 5.32 Å². The molecule has 0 fully saturated rings. The zero-order valence-electron chi connectivity index (χ0n) is 14.6. The number of carbonyl (C=O) groups excluding carboxylic acids is 1. The SMILES string of the molecule is CCS(=O)(=O)N(CC(=O)N[C@@H](C)COC)c1ccc2c(c1)OCCO2. The number of hydrogen-bond donors (Lipinski definition) is 1. The summed E-state index contributed by atoms with van der Waals surface area (Å²) in [5.74, 6) is 0.495. The molecule has 0 aromatic heterocycles. The second-order valence-corrected chi connectivity index (χ2v) is 7.84. The van der Waals surface area contributed by atoms with Gasteiger partial charge in [-0.1, -0.05) is 0 Å². The van der Waals surface area contributed by atoms with Gasteiger partial charge in [-0.15, -0.1) is 0 Å². The molecule has 0 spiro atoms. The minimum atomic E-state index is -3.64. The molecule has 25 heavy (non-hydrogen) atoms. The Balaban J connectivity index is 2.23. The van der Waals surface area contributed by atoms with Gasteiger partial charge in [-0.25, -0.2) is 8.42 Å². The smallest absolute Gasteiger partial charge is 0.241 e. The van der Waals surface area contributed by atoms with Crippen LogP contribution in [0.2, 0.25) is 0 Å². The molecule has 1 amide bonds. The van der Waals surface area contributed by atoms with Crippen molar-refractivity contribution in [3.63, 3.8) is 0 Å². The molecule has 1 atom stereocenters. The van der Waals surface area contributed by atoms with E-state index in [9.17, 15) is 13.2 Å². The van der Waals surface area contributed by atoms with Crippen LogP contribution in [0, 0.1) is 0 Å². The number of sulfonamides is 1. The van der Waals surface area contributed by atoms with Crippen LogP contribution in [0.3, 0.4) is 0 Å². The van der Waals surface area contributed by atoms with Crippen LogP contribution >= 0.6 is 0 Å². The lowest BCUT2D eigenvalue weighted by atomic mass is 10.2. The van der Waals surface area contributed by atoms with E-state index in [1.54, 1.807) is 25.1 Å². The fourth-order valence-corrected chi connectivity index (χ4v) is 3.50. The van der Waals surface area contributed by atoms with Gasteiger partial charge in [0.05, 0.1) is 18.0 Å². The Morgan fingerprint density at radius 1 is 1.32 bits per heavy atom. The number of benzene rings is 1. The molecular weight excluding hydrogens is 348 g/mol. The Bertz CT molecular complexity index is 707. The average Bonchev–Trinajstić information content (AvgIpc) is 2.59. The number of nitrogens with one attached hydrogen (secondary N) is 1. The second-order valence-electron chi connectivity index (χ2n) is 5.66. The first-order chi connectivity index (χ1) is 11.9. The lowest BCUT2D eigenvalue weighted by Gasteiger charge is -2.26. The van der Waals surface area contributed by atoms with E-state index in [1.807, 2.05) is 0 Å². The van der Waals surface area contributed by atoms with Crippen LogP contribution in [0.25, 0.3) is 0 Å². The molecule has 0 bridgehead atoms. The Hall–Kier alpha value is -2.00. The third-order valence-electron chi connectivity index (χ3n) is 3.63. The molecule has 8 nitrogen and oxygen atoms in total. The fourth-order valence-electron chi connectivity index (χ4n) is 2.44. The highest BCUT2D eigenvalue weighted by Crippen LogP contribution is 2.34. The summed E-state index contributed by atoms with van der Waals surface area (Å²) in [7, 11) is -2.10. The lowest BCUT2D eigenvalue weighted by Crippen LogP contribution is -2.45. The minimum absolute atomic E-state index is 0.123. The number of fused-ring (bicyclic) bond motifs is 1. The molecule has 140 valence electrons. The molecule has 1 aliphatic heterocycles. The van der Waals surface area contributed by atoms with Gasteiger partial charge in [0.25, 0.3) is 0 Å². The molecule has 0 radical (unpaired) electrons. The van der Waals surface area contributed by atoms with Gasteiger partial charge in [-0.05, 0) is 26.0 Å². The quantitative estimate of drug-likeness (QED) is 0.724. The van der Waals surface area contributed by atoms with E-state index in [-0.39, 0.29) is 18.3 Å². The van der Waals surface area contributed by atoms with Crippen LogP contribution in [0.4, 0.5) is 5.69 Å². The van der Waals surface area contributed by atoms with Crippen molar-refractivity contribution >= 4 is 21.6 Å². The predicted octanol–water partition coefficient (Wildman–Crippen LogP) is 0.765. The van der Waals surface area contributed by atoms with Gasteiger partial charge < -0.3 is 19.5 Å². The van der Waals surface area contributed by atoms with Gasteiger partial charge in [0.2, 0.25) is 15.9 Å². The largest absolute Gasteiger partial charge is 0.486 e. The van der Waals surface area contributed by atoms with Crippen LogP contribution in [0.15, 0.2) is 18.2 Å². The third-order valence-corrected chi connectivity index (χ3v) is 5.37. The van der Waals surface area contributed by atoms with Gasteiger partial charge in [0.15, 0.2) is 11.5 Å². The standard InChI is InChI=1S/C16H24N2O6S/c1-4-25(20,21)18(10-16(19)17-12(2)11-22-3)13-5-6-14-15(9-13)24-8-7-23-14/h5-6,9,12H,4,7-8,10-11H2,1-3H3,(H,17,19)/t12-/m0/s1. The van der Waals surface area contributed by atoms with Crippen molar-refractivity contribution in [3.8, 4) is 11.5 Å². The zero-order valence-corrected chi connectivity index (χ0v) is 15.5. The summed E-state index contributed by atoms with van der Waals surface area (Å²) in [6.07, 6.45) is 0. The number of methoxy groups -OCH3 is 1. The first-order valence-corrected chi connectivity index (χ1v) is 9.66. The van der Waals surface area contributed by atoms with E-state index in [0.29, 0.717) is 37.0 Å². The highest BCUT2D eigenvalue weighted by molar-refractivity contribution is 7.92. The molecular formula is C16H24N2O6S. The maximum Gasteiger partial charge on any atom is 0.241 e. The van der Waals surface area contributed by atoms with Crippen molar-refractivity contribution < 1.29 is 27.4 Å². The van der Waals surface area contributed by atoms with Gasteiger partial charge in [-0.3, -0.25) is 9.10 Å². The number of anilines is 1. The maximum absolute atomic E-state index is 12.5. The van der Waals surface area contributed by atoms with Gasteiger partial charge in [0, 0.05) is 19.2 Å². The summed E-state index contributed by atoms with van der Waals surface area (Å²) in [4.78, 5) is 12.2. The number of amides is 1. The summed E-state index contributed by atoms with van der Waals surface area (Å²) in [6.45, 7) is 4.19. The van der Waals surface area contributed by atoms with Crippen LogP contribution < -0.4 is 19.1 Å². The molecule has 1 heterocycles. The summed E-state index contributed by atoms with van der Waals surface area (Å²) in [5, 5.41) is 2.71. The van der Waals surface area contributed by atoms with Crippen molar-refractivity contribution in [1.29, 1.82) is 0 Å². The number of rotatable bonds is 8. The van der Waals surface area contributed by atoms with E-state index in [0.717, 1.165) is 4.31 Å². The third kappa shape index (κ3) is 4.99. The second kappa shape index (κ2) is 8.39. The Morgan fingerprint density at radius 3 is 2.64 bits per heavy atom. The van der Waals surface area contributed by atoms with Gasteiger partial charge in [-0.2, -0.15) is 0 Å². The summed E-state index contributed by atoms with van der Waals surface area (Å²) in [6, 6.07) is 4.61. The van der Waals surface area contributed by atoms with E-state index >= 15 is 0 Å². The first kappa shape index (κ1) is 19.3. The van der Waals surface area contributed by atoms with Crippen LogP contribution in [-0.4, -0.2) is 59.6 Å². The minimum Gasteiger partial charge on any atom is -0.486 e. The monoisotopic (exact) mass is 372 g/mol. The van der Waals surface area contributed by atoms with E-state index in [1.165, 1.54) is 14.0 Å². The summed E-state index contributed by atoms with van der Waals surface area (Å²) < 4.78 is 41.9. The van der Waals surface area contributed by atoms with Crippen molar-refractivity contribution in [2.24, 2.45) is 0 Å². The molecule has 1 aromatic rings. The molecule has 1 aromatic carbocycles. The van der Waals surface area contributed by atoms with Gasteiger partial charge in [0.1, 0.15) is 19.8 Å². The molecule has 0 saturated carbocycles.